The van der Waals surface area contributed by atoms with E-state index in [4.69, 9.17) is 19.4 Å². The molecule has 0 heterocycles. The van der Waals surface area contributed by atoms with Crippen molar-refractivity contribution in [2.45, 2.75) is 0 Å². The fourth-order valence-electron chi connectivity index (χ4n) is 1.13. The van der Waals surface area contributed by atoms with Crippen LogP contribution in [0.1, 0.15) is 0 Å². The van der Waals surface area contributed by atoms with E-state index in [1.807, 2.05) is 0 Å². The van der Waals surface area contributed by atoms with E-state index in [1.165, 1.54) is 10.8 Å². The monoisotopic (exact) mass is 270 g/mol. The molecule has 0 aromatic heterocycles. The van der Waals surface area contributed by atoms with Crippen LogP contribution in [0.25, 0.3) is 10.8 Å². The second-order valence-corrected chi connectivity index (χ2v) is 7.07. The molecule has 0 bridgehead atoms. The van der Waals surface area contributed by atoms with Gasteiger partial charge in [0.2, 0.25) is 0 Å². The molecular formula is C10H9Cl2LiZn. The summed E-state index contributed by atoms with van der Waals surface area (Å²) in [7, 11) is 9.90. The largest absolute Gasteiger partial charge is 0.0616 e. The molecule has 66 valence electrons. The Bertz CT molecular complexity index is 302. The van der Waals surface area contributed by atoms with Gasteiger partial charge < -0.3 is 0 Å². The Kier molecular flexibility index (Phi) is 9.09. The van der Waals surface area contributed by atoms with Gasteiger partial charge >= 0.3 is 53.4 Å². The molecule has 0 aliphatic heterocycles. The van der Waals surface area contributed by atoms with Crippen LogP contribution in [-0.2, 0) is 15.1 Å². The molecule has 0 aliphatic rings. The van der Waals surface area contributed by atoms with Crippen molar-refractivity contribution in [3.63, 3.8) is 0 Å². The van der Waals surface area contributed by atoms with Gasteiger partial charge in [-0.2, -0.15) is 0 Å². The zero-order valence-electron chi connectivity index (χ0n) is 7.08. The first-order chi connectivity index (χ1) is 6.38. The first-order valence-electron chi connectivity index (χ1n) is 3.94. The van der Waals surface area contributed by atoms with Crippen LogP contribution in [0.3, 0.4) is 0 Å². The molecule has 0 N–H and O–H groups in total. The molecule has 2 aromatic rings. The second kappa shape index (κ2) is 8.78. The quantitative estimate of drug-likeness (QED) is 0.643. The van der Waals surface area contributed by atoms with E-state index >= 15 is 0 Å². The number of benzene rings is 2. The average Bonchev–Trinajstić information content (AvgIpc) is 2.19. The average molecular weight is 272 g/mol. The van der Waals surface area contributed by atoms with Gasteiger partial charge in [-0.15, -0.1) is 0 Å². The maximum atomic E-state index is 4.95. The summed E-state index contributed by atoms with van der Waals surface area (Å²) < 4.78 is 0. The van der Waals surface area contributed by atoms with Crippen molar-refractivity contribution in [3.8, 4) is 0 Å². The van der Waals surface area contributed by atoms with Gasteiger partial charge in [-0.05, 0) is 10.8 Å². The fourth-order valence-corrected chi connectivity index (χ4v) is 1.13. The molecule has 14 heavy (non-hydrogen) atoms. The topological polar surface area (TPSA) is 0 Å². The van der Waals surface area contributed by atoms with Crippen molar-refractivity contribution >= 4 is 49.0 Å². The van der Waals surface area contributed by atoms with Crippen LogP contribution >= 0.6 is 19.4 Å². The van der Waals surface area contributed by atoms with E-state index < -0.39 is 15.1 Å². The predicted octanol–water partition coefficient (Wildman–Crippen LogP) is 3.57. The van der Waals surface area contributed by atoms with Crippen molar-refractivity contribution < 1.29 is 15.1 Å². The molecule has 0 unspecified atom stereocenters. The predicted molar refractivity (Wildman–Crippen MR) is 62.8 cm³/mol. The Hall–Kier alpha value is 0.501. The minimum atomic E-state index is -0.931. The number of rotatable bonds is 0. The second-order valence-electron chi connectivity index (χ2n) is 2.45. The van der Waals surface area contributed by atoms with Crippen LogP contribution in [0.15, 0.2) is 48.5 Å². The summed E-state index contributed by atoms with van der Waals surface area (Å²) in [4.78, 5) is 0. The van der Waals surface area contributed by atoms with Gasteiger partial charge in [-0.1, -0.05) is 48.5 Å². The van der Waals surface area contributed by atoms with E-state index in [-0.39, 0.29) is 18.9 Å². The van der Waals surface area contributed by atoms with Crippen LogP contribution in [-0.4, -0.2) is 18.9 Å². The van der Waals surface area contributed by atoms with Crippen LogP contribution in [0.5, 0.6) is 0 Å². The maximum absolute atomic E-state index is 4.95. The van der Waals surface area contributed by atoms with E-state index in [2.05, 4.69) is 48.5 Å². The Morgan fingerprint density at radius 2 is 0.929 bits per heavy atom. The molecule has 0 aliphatic carbocycles. The summed E-state index contributed by atoms with van der Waals surface area (Å²) >= 11 is -0.931. The van der Waals surface area contributed by atoms with Gasteiger partial charge in [0.05, 0.1) is 0 Å². The van der Waals surface area contributed by atoms with Crippen molar-refractivity contribution in [1.82, 2.24) is 0 Å². The molecule has 4 heteroatoms. The van der Waals surface area contributed by atoms with Gasteiger partial charge in [0.15, 0.2) is 0 Å². The van der Waals surface area contributed by atoms with Crippen LogP contribution in [0, 0.1) is 0 Å². The normalized spacial score (nSPS) is 7.86. The van der Waals surface area contributed by atoms with Crippen molar-refractivity contribution in [1.29, 1.82) is 0 Å². The molecule has 0 amide bonds. The van der Waals surface area contributed by atoms with E-state index in [1.54, 1.807) is 0 Å². The van der Waals surface area contributed by atoms with Gasteiger partial charge in [0.25, 0.3) is 0 Å². The van der Waals surface area contributed by atoms with Crippen LogP contribution < -0.4 is 0 Å². The molecule has 0 radical (unpaired) electrons. The van der Waals surface area contributed by atoms with E-state index in [9.17, 15) is 0 Å². The third kappa shape index (κ3) is 4.83. The summed E-state index contributed by atoms with van der Waals surface area (Å²) in [5, 5.41) is 2.62. The van der Waals surface area contributed by atoms with Crippen molar-refractivity contribution in [3.05, 3.63) is 48.5 Å². The number of halogens is 2. The Labute approximate surface area is 112 Å². The fraction of sp³-hybridized carbons (Fsp3) is 0. The molecule has 0 saturated carbocycles. The van der Waals surface area contributed by atoms with E-state index in [0.717, 1.165) is 0 Å². The smallest absolute Gasteiger partial charge is 0.0184 e. The van der Waals surface area contributed by atoms with Crippen LogP contribution in [0.2, 0.25) is 0 Å². The summed E-state index contributed by atoms with van der Waals surface area (Å²) in [5.74, 6) is 0. The Balaban J connectivity index is 0.000000381. The van der Waals surface area contributed by atoms with Gasteiger partial charge in [-0.25, -0.2) is 0 Å². The minimum Gasteiger partial charge on any atom is -0.0616 e. The van der Waals surface area contributed by atoms with E-state index in [0.29, 0.717) is 0 Å². The minimum absolute atomic E-state index is 0. The molecule has 0 saturated heterocycles. The molecule has 0 spiro atoms. The molecule has 0 atom stereocenters. The maximum Gasteiger partial charge on any atom is -0.0184 e. The number of hydrogen-bond acceptors (Lipinski definition) is 0. The Morgan fingerprint density at radius 1 is 0.714 bits per heavy atom. The number of hydrogen-bond donors (Lipinski definition) is 0. The van der Waals surface area contributed by atoms with Crippen LogP contribution in [0.4, 0.5) is 0 Å². The molecular weight excluding hydrogens is 263 g/mol. The molecule has 2 rings (SSSR count). The first kappa shape index (κ1) is 14.5. The SMILES string of the molecule is [Cl][Zn][Cl].[LiH].c1ccc2ccccc2c1. The summed E-state index contributed by atoms with van der Waals surface area (Å²) in [6.07, 6.45) is 0. The summed E-state index contributed by atoms with van der Waals surface area (Å²) in [6.45, 7) is 0. The van der Waals surface area contributed by atoms with Gasteiger partial charge in [0.1, 0.15) is 0 Å². The standard InChI is InChI=1S/C10H8.2ClH.Li.Zn.H/c1-2-6-10-8-4-3-7-9(10)5-1;;;;;/h1-8H;2*1H;;;/q;;;;+2;/p-2. The molecule has 0 nitrogen and oxygen atoms in total. The Morgan fingerprint density at radius 3 is 1.14 bits per heavy atom. The third-order valence-corrected chi connectivity index (χ3v) is 1.66. The number of fused-ring (bicyclic) bond motifs is 1. The van der Waals surface area contributed by atoms with Crippen molar-refractivity contribution in [2.75, 3.05) is 0 Å². The molecule has 2 aromatic carbocycles. The zero-order chi connectivity index (χ0) is 9.52. The zero-order valence-corrected chi connectivity index (χ0v) is 11.6. The summed E-state index contributed by atoms with van der Waals surface area (Å²) in [6, 6.07) is 16.7. The van der Waals surface area contributed by atoms with Gasteiger partial charge in [0, 0.05) is 0 Å². The summed E-state index contributed by atoms with van der Waals surface area (Å²) in [5.41, 5.74) is 0. The molecule has 0 fully saturated rings. The van der Waals surface area contributed by atoms with Crippen molar-refractivity contribution in [2.24, 2.45) is 0 Å². The first-order valence-corrected chi connectivity index (χ1v) is 11.7. The third-order valence-electron chi connectivity index (χ3n) is 1.66. The van der Waals surface area contributed by atoms with Gasteiger partial charge in [-0.3, -0.25) is 0 Å².